The molecule has 0 saturated heterocycles. The first-order valence-electron chi connectivity index (χ1n) is 8.26. The smallest absolute Gasteiger partial charge is 0.113 e. The number of hydrogen-bond donors (Lipinski definition) is 1. The van der Waals surface area contributed by atoms with Gasteiger partial charge in [0.05, 0.1) is 11.0 Å². The van der Waals surface area contributed by atoms with Crippen molar-refractivity contribution in [1.82, 2.24) is 9.55 Å². The molecule has 0 spiro atoms. The molecular formula is C18H27N3. The predicted molar refractivity (Wildman–Crippen MR) is 88.3 cm³/mol. The highest BCUT2D eigenvalue weighted by atomic mass is 15.1. The highest BCUT2D eigenvalue weighted by molar-refractivity contribution is 5.77. The van der Waals surface area contributed by atoms with Crippen LogP contribution in [0.15, 0.2) is 18.2 Å². The van der Waals surface area contributed by atoms with Crippen molar-refractivity contribution < 1.29 is 0 Å². The van der Waals surface area contributed by atoms with Crippen LogP contribution in [0.1, 0.15) is 63.8 Å². The van der Waals surface area contributed by atoms with Gasteiger partial charge in [-0.1, -0.05) is 33.3 Å². The Hall–Kier alpha value is -1.35. The minimum Gasteiger partial charge on any atom is -0.328 e. The molecule has 114 valence electrons. The summed E-state index contributed by atoms with van der Waals surface area (Å²) in [5.41, 5.74) is 9.69. The summed E-state index contributed by atoms with van der Waals surface area (Å²) in [6.07, 6.45) is 5.04. The molecular weight excluding hydrogens is 258 g/mol. The summed E-state index contributed by atoms with van der Waals surface area (Å²) in [6, 6.07) is 6.50. The third-order valence-electron chi connectivity index (χ3n) is 5.09. The van der Waals surface area contributed by atoms with Crippen LogP contribution in [0, 0.1) is 5.41 Å². The van der Waals surface area contributed by atoms with Crippen LogP contribution in [0.2, 0.25) is 0 Å². The van der Waals surface area contributed by atoms with Gasteiger partial charge in [-0.3, -0.25) is 0 Å². The molecule has 3 rings (SSSR count). The van der Waals surface area contributed by atoms with Gasteiger partial charge in [0.15, 0.2) is 0 Å². The fourth-order valence-corrected chi connectivity index (χ4v) is 3.85. The van der Waals surface area contributed by atoms with E-state index in [1.807, 2.05) is 0 Å². The number of nitrogens with zero attached hydrogens (tertiary/aromatic N) is 2. The lowest BCUT2D eigenvalue weighted by molar-refractivity contribution is 0.315. The maximum Gasteiger partial charge on any atom is 0.113 e. The molecule has 2 N–H and O–H groups in total. The Morgan fingerprint density at radius 1 is 1.38 bits per heavy atom. The molecule has 21 heavy (non-hydrogen) atoms. The maximum atomic E-state index is 5.78. The van der Waals surface area contributed by atoms with E-state index in [9.17, 15) is 0 Å². The summed E-state index contributed by atoms with van der Waals surface area (Å²) in [4.78, 5) is 5.02. The Labute approximate surface area is 127 Å². The number of hydrogen-bond acceptors (Lipinski definition) is 2. The van der Waals surface area contributed by atoms with Gasteiger partial charge in [0.25, 0.3) is 0 Å². The molecule has 3 heteroatoms. The van der Waals surface area contributed by atoms with Crippen molar-refractivity contribution in [2.24, 2.45) is 11.1 Å². The fraction of sp³-hybridized carbons (Fsp3) is 0.611. The Balaban J connectivity index is 2.14. The highest BCUT2D eigenvalue weighted by Gasteiger charge is 2.38. The van der Waals surface area contributed by atoms with E-state index in [2.05, 4.69) is 43.5 Å². The number of rotatable bonds is 4. The second-order valence-electron chi connectivity index (χ2n) is 7.08. The van der Waals surface area contributed by atoms with Crippen LogP contribution < -0.4 is 5.73 Å². The van der Waals surface area contributed by atoms with Crippen molar-refractivity contribution >= 4 is 11.0 Å². The van der Waals surface area contributed by atoms with Gasteiger partial charge < -0.3 is 10.3 Å². The van der Waals surface area contributed by atoms with Gasteiger partial charge in [-0.2, -0.15) is 0 Å². The number of imidazole rings is 1. The molecule has 1 aliphatic rings. The SMILES string of the molecule is CCCn1c(C2CCCC2(C)C)nc2cc(CN)ccc21. The molecule has 1 saturated carbocycles. The Kier molecular flexibility index (Phi) is 3.78. The Morgan fingerprint density at radius 3 is 2.81 bits per heavy atom. The monoisotopic (exact) mass is 285 g/mol. The van der Waals surface area contributed by atoms with E-state index in [0.29, 0.717) is 17.9 Å². The maximum absolute atomic E-state index is 5.78. The highest BCUT2D eigenvalue weighted by Crippen LogP contribution is 2.48. The summed E-state index contributed by atoms with van der Waals surface area (Å²) >= 11 is 0. The van der Waals surface area contributed by atoms with Crippen LogP contribution in [0.4, 0.5) is 0 Å². The normalized spacial score (nSPS) is 21.2. The van der Waals surface area contributed by atoms with E-state index in [0.717, 1.165) is 18.5 Å². The molecule has 0 bridgehead atoms. The molecule has 2 aromatic rings. The van der Waals surface area contributed by atoms with Crippen LogP contribution in [0.25, 0.3) is 11.0 Å². The quantitative estimate of drug-likeness (QED) is 0.915. The van der Waals surface area contributed by atoms with Crippen molar-refractivity contribution in [3.05, 3.63) is 29.6 Å². The lowest BCUT2D eigenvalue weighted by atomic mass is 9.81. The lowest BCUT2D eigenvalue weighted by Gasteiger charge is -2.27. The number of nitrogens with two attached hydrogens (primary N) is 1. The van der Waals surface area contributed by atoms with E-state index in [-0.39, 0.29) is 0 Å². The fourth-order valence-electron chi connectivity index (χ4n) is 3.85. The minimum absolute atomic E-state index is 0.365. The summed E-state index contributed by atoms with van der Waals surface area (Å²) < 4.78 is 2.45. The first-order valence-corrected chi connectivity index (χ1v) is 8.26. The van der Waals surface area contributed by atoms with Crippen LogP contribution in [0.5, 0.6) is 0 Å². The van der Waals surface area contributed by atoms with Crippen LogP contribution >= 0.6 is 0 Å². The molecule has 1 aromatic carbocycles. The van der Waals surface area contributed by atoms with Gasteiger partial charge >= 0.3 is 0 Å². The zero-order valence-electron chi connectivity index (χ0n) is 13.5. The number of aromatic nitrogens is 2. The second kappa shape index (κ2) is 5.45. The number of aryl methyl sites for hydroxylation is 1. The molecule has 1 heterocycles. The average molecular weight is 285 g/mol. The van der Waals surface area contributed by atoms with Gasteiger partial charge in [0.1, 0.15) is 5.82 Å². The zero-order chi connectivity index (χ0) is 15.0. The van der Waals surface area contributed by atoms with Crippen molar-refractivity contribution in [2.45, 2.75) is 65.5 Å². The van der Waals surface area contributed by atoms with Gasteiger partial charge in [-0.05, 0) is 42.4 Å². The van der Waals surface area contributed by atoms with Crippen LogP contribution in [-0.4, -0.2) is 9.55 Å². The molecule has 0 aliphatic heterocycles. The van der Waals surface area contributed by atoms with Gasteiger partial charge in [0.2, 0.25) is 0 Å². The first-order chi connectivity index (χ1) is 10.1. The van der Waals surface area contributed by atoms with E-state index in [4.69, 9.17) is 10.7 Å². The molecule has 0 radical (unpaired) electrons. The van der Waals surface area contributed by atoms with E-state index in [1.165, 1.54) is 36.2 Å². The van der Waals surface area contributed by atoms with Gasteiger partial charge in [-0.15, -0.1) is 0 Å². The van der Waals surface area contributed by atoms with Crippen molar-refractivity contribution in [3.8, 4) is 0 Å². The van der Waals surface area contributed by atoms with Crippen molar-refractivity contribution in [3.63, 3.8) is 0 Å². The van der Waals surface area contributed by atoms with Gasteiger partial charge in [-0.25, -0.2) is 4.98 Å². The topological polar surface area (TPSA) is 43.8 Å². The summed E-state index contributed by atoms with van der Waals surface area (Å²) in [7, 11) is 0. The molecule has 1 unspecified atom stereocenters. The molecule has 1 atom stereocenters. The second-order valence-corrected chi connectivity index (χ2v) is 7.08. The van der Waals surface area contributed by atoms with Gasteiger partial charge in [0, 0.05) is 19.0 Å². The third kappa shape index (κ3) is 2.48. The number of benzene rings is 1. The van der Waals surface area contributed by atoms with E-state index in [1.54, 1.807) is 0 Å². The molecule has 1 aromatic heterocycles. The standard InChI is InChI=1S/C18H27N3/c1-4-10-21-16-8-7-13(12-19)11-15(16)20-17(21)14-6-5-9-18(14,2)3/h7-8,11,14H,4-6,9-10,12,19H2,1-3H3. The molecule has 1 fully saturated rings. The molecule has 1 aliphatic carbocycles. The summed E-state index contributed by atoms with van der Waals surface area (Å²) in [6.45, 7) is 8.67. The van der Waals surface area contributed by atoms with Crippen molar-refractivity contribution in [2.75, 3.05) is 0 Å². The number of fused-ring (bicyclic) bond motifs is 1. The Bertz CT molecular complexity index is 639. The summed E-state index contributed by atoms with van der Waals surface area (Å²) in [5.74, 6) is 1.88. The third-order valence-corrected chi connectivity index (χ3v) is 5.09. The van der Waals surface area contributed by atoms with Crippen LogP contribution in [0.3, 0.4) is 0 Å². The predicted octanol–water partition coefficient (Wildman–Crippen LogP) is 4.20. The Morgan fingerprint density at radius 2 is 2.19 bits per heavy atom. The van der Waals surface area contributed by atoms with E-state index < -0.39 is 0 Å². The zero-order valence-corrected chi connectivity index (χ0v) is 13.5. The largest absolute Gasteiger partial charge is 0.328 e. The first kappa shape index (κ1) is 14.6. The average Bonchev–Trinajstić information content (AvgIpc) is 2.98. The van der Waals surface area contributed by atoms with E-state index >= 15 is 0 Å². The lowest BCUT2D eigenvalue weighted by Crippen LogP contribution is -2.19. The molecule has 3 nitrogen and oxygen atoms in total. The minimum atomic E-state index is 0.365. The van der Waals surface area contributed by atoms with Crippen molar-refractivity contribution in [1.29, 1.82) is 0 Å². The summed E-state index contributed by atoms with van der Waals surface area (Å²) in [5, 5.41) is 0. The van der Waals surface area contributed by atoms with Crippen LogP contribution in [-0.2, 0) is 13.1 Å². The molecule has 0 amide bonds.